The lowest BCUT2D eigenvalue weighted by Gasteiger charge is -2.09. The van der Waals surface area contributed by atoms with Crippen LogP contribution in [0.25, 0.3) is 0 Å². The Morgan fingerprint density at radius 2 is 2.17 bits per heavy atom. The smallest absolute Gasteiger partial charge is 0.119 e. The fourth-order valence-corrected chi connectivity index (χ4v) is 2.11. The van der Waals surface area contributed by atoms with Crippen LogP contribution in [0.3, 0.4) is 0 Å². The molecule has 0 aliphatic heterocycles. The molecule has 0 spiro atoms. The lowest BCUT2D eigenvalue weighted by Crippen LogP contribution is -2.06. The van der Waals surface area contributed by atoms with E-state index < -0.39 is 0 Å². The summed E-state index contributed by atoms with van der Waals surface area (Å²) in [5.41, 5.74) is 1.22. The molecule has 0 unspecified atom stereocenters. The minimum atomic E-state index is 0.789. The van der Waals surface area contributed by atoms with Gasteiger partial charge in [0.25, 0.3) is 0 Å². The number of allylic oxidation sites excluding steroid dienone is 1. The van der Waals surface area contributed by atoms with E-state index in [9.17, 15) is 0 Å². The fourth-order valence-electron chi connectivity index (χ4n) is 1.72. The van der Waals surface area contributed by atoms with Gasteiger partial charge in [0.05, 0.1) is 6.61 Å². The zero-order valence-electron chi connectivity index (χ0n) is 11.0. The minimum Gasteiger partial charge on any atom is -0.494 e. The average molecular weight is 312 g/mol. The second kappa shape index (κ2) is 9.17. The van der Waals surface area contributed by atoms with Gasteiger partial charge < -0.3 is 10.1 Å². The second-order valence-electron chi connectivity index (χ2n) is 4.27. The molecule has 0 atom stereocenters. The van der Waals surface area contributed by atoms with Gasteiger partial charge in [0.2, 0.25) is 0 Å². The molecule has 0 saturated carbocycles. The summed E-state index contributed by atoms with van der Waals surface area (Å²) in [5.74, 6) is 0.951. The number of unbranched alkanes of at least 4 members (excludes halogenated alkanes) is 3. The first-order valence-electron chi connectivity index (χ1n) is 6.44. The molecule has 1 rings (SSSR count). The second-order valence-corrected chi connectivity index (χ2v) is 5.12. The van der Waals surface area contributed by atoms with Crippen molar-refractivity contribution in [3.8, 4) is 5.75 Å². The van der Waals surface area contributed by atoms with Crippen molar-refractivity contribution in [3.05, 3.63) is 40.9 Å². The van der Waals surface area contributed by atoms with Crippen molar-refractivity contribution < 1.29 is 4.74 Å². The van der Waals surface area contributed by atoms with E-state index in [0.717, 1.165) is 36.2 Å². The average Bonchev–Trinajstić information content (AvgIpc) is 2.37. The predicted octanol–water partition coefficient (Wildman–Crippen LogP) is 4.29. The van der Waals surface area contributed by atoms with Gasteiger partial charge in [-0.05, 0) is 56.5 Å². The third-order valence-corrected chi connectivity index (χ3v) is 3.48. The van der Waals surface area contributed by atoms with Crippen LogP contribution >= 0.6 is 15.9 Å². The monoisotopic (exact) mass is 311 g/mol. The van der Waals surface area contributed by atoms with Crippen LogP contribution in [0.5, 0.6) is 5.75 Å². The van der Waals surface area contributed by atoms with Gasteiger partial charge in [0, 0.05) is 11.0 Å². The molecular weight excluding hydrogens is 290 g/mol. The third-order valence-electron chi connectivity index (χ3n) is 2.71. The molecule has 18 heavy (non-hydrogen) atoms. The summed E-state index contributed by atoms with van der Waals surface area (Å²) >= 11 is 3.54. The van der Waals surface area contributed by atoms with E-state index in [2.05, 4.69) is 33.9 Å². The highest BCUT2D eigenvalue weighted by atomic mass is 79.9. The van der Waals surface area contributed by atoms with Gasteiger partial charge in [-0.1, -0.05) is 22.0 Å². The van der Waals surface area contributed by atoms with Crippen molar-refractivity contribution in [1.82, 2.24) is 5.32 Å². The van der Waals surface area contributed by atoms with E-state index in [1.165, 1.54) is 18.4 Å². The molecule has 0 fully saturated rings. The molecule has 0 radical (unpaired) electrons. The first kappa shape index (κ1) is 15.3. The van der Waals surface area contributed by atoms with Gasteiger partial charge in [-0.2, -0.15) is 0 Å². The molecule has 0 aliphatic carbocycles. The Balaban J connectivity index is 2.33. The summed E-state index contributed by atoms with van der Waals surface area (Å²) in [6.07, 6.45) is 6.58. The highest BCUT2D eigenvalue weighted by molar-refractivity contribution is 9.10. The molecule has 0 amide bonds. The lowest BCUT2D eigenvalue weighted by atomic mass is 10.2. The normalized spacial score (nSPS) is 10.3. The molecule has 2 nitrogen and oxygen atoms in total. The van der Waals surface area contributed by atoms with Crippen LogP contribution in [0.1, 0.15) is 31.2 Å². The summed E-state index contributed by atoms with van der Waals surface area (Å²) in [7, 11) is 1.94. The molecule has 0 heterocycles. The van der Waals surface area contributed by atoms with Crippen molar-refractivity contribution in [2.45, 2.75) is 32.2 Å². The summed E-state index contributed by atoms with van der Waals surface area (Å²) in [5, 5.41) is 3.15. The van der Waals surface area contributed by atoms with Crippen LogP contribution in [0.2, 0.25) is 0 Å². The fraction of sp³-hybridized carbons (Fsp3) is 0.467. The quantitative estimate of drug-likeness (QED) is 0.542. The van der Waals surface area contributed by atoms with Crippen LogP contribution in [-0.4, -0.2) is 13.7 Å². The number of hydrogen-bond acceptors (Lipinski definition) is 2. The van der Waals surface area contributed by atoms with Crippen molar-refractivity contribution in [3.63, 3.8) is 0 Å². The zero-order chi connectivity index (χ0) is 13.2. The Morgan fingerprint density at radius 1 is 1.33 bits per heavy atom. The lowest BCUT2D eigenvalue weighted by molar-refractivity contribution is 0.305. The SMILES string of the molecule is C=CCCCCCOc1ccc(Br)c(CNC)c1. The van der Waals surface area contributed by atoms with Crippen LogP contribution in [-0.2, 0) is 6.54 Å². The maximum absolute atomic E-state index is 5.75. The number of nitrogens with one attached hydrogen (secondary N) is 1. The van der Waals surface area contributed by atoms with Crippen LogP contribution in [0.4, 0.5) is 0 Å². The zero-order valence-corrected chi connectivity index (χ0v) is 12.6. The molecule has 100 valence electrons. The highest BCUT2D eigenvalue weighted by Gasteiger charge is 2.01. The molecule has 3 heteroatoms. The first-order valence-corrected chi connectivity index (χ1v) is 7.24. The third kappa shape index (κ3) is 5.69. The molecule has 0 aliphatic rings. The van der Waals surface area contributed by atoms with Gasteiger partial charge in [-0.15, -0.1) is 6.58 Å². The Labute approximate surface area is 119 Å². The Hall–Kier alpha value is -0.800. The number of halogens is 1. The minimum absolute atomic E-state index is 0.789. The van der Waals surface area contributed by atoms with Gasteiger partial charge in [-0.25, -0.2) is 0 Å². The van der Waals surface area contributed by atoms with Gasteiger partial charge >= 0.3 is 0 Å². The largest absolute Gasteiger partial charge is 0.494 e. The van der Waals surface area contributed by atoms with E-state index in [1.807, 2.05) is 25.3 Å². The predicted molar refractivity (Wildman–Crippen MR) is 81.1 cm³/mol. The summed E-state index contributed by atoms with van der Waals surface area (Å²) in [4.78, 5) is 0. The molecule has 0 aromatic heterocycles. The standard InChI is InChI=1S/C15H22BrNO/c1-3-4-5-6-7-10-18-14-8-9-15(16)13(11-14)12-17-2/h3,8-9,11,17H,1,4-7,10,12H2,2H3. The van der Waals surface area contributed by atoms with Crippen molar-refractivity contribution in [1.29, 1.82) is 0 Å². The Bertz CT molecular complexity index is 366. The van der Waals surface area contributed by atoms with Crippen LogP contribution in [0, 0.1) is 0 Å². The maximum Gasteiger partial charge on any atom is 0.119 e. The maximum atomic E-state index is 5.75. The Kier molecular flexibility index (Phi) is 7.78. The number of hydrogen-bond donors (Lipinski definition) is 1. The summed E-state index contributed by atoms with van der Waals surface area (Å²) < 4.78 is 6.87. The van der Waals surface area contributed by atoms with E-state index in [-0.39, 0.29) is 0 Å². The van der Waals surface area contributed by atoms with E-state index >= 15 is 0 Å². The molecule has 1 aromatic rings. The highest BCUT2D eigenvalue weighted by Crippen LogP contribution is 2.22. The van der Waals surface area contributed by atoms with Crippen molar-refractivity contribution >= 4 is 15.9 Å². The van der Waals surface area contributed by atoms with Crippen molar-refractivity contribution in [2.24, 2.45) is 0 Å². The van der Waals surface area contributed by atoms with Gasteiger partial charge in [0.15, 0.2) is 0 Å². The van der Waals surface area contributed by atoms with Crippen molar-refractivity contribution in [2.75, 3.05) is 13.7 Å². The first-order chi connectivity index (χ1) is 8.77. The number of benzene rings is 1. The summed E-state index contributed by atoms with van der Waals surface area (Å²) in [6.45, 7) is 5.35. The Morgan fingerprint density at radius 3 is 2.89 bits per heavy atom. The molecule has 1 aromatic carbocycles. The van der Waals surface area contributed by atoms with E-state index in [0.29, 0.717) is 0 Å². The number of rotatable bonds is 9. The molecule has 0 saturated heterocycles. The molecule has 1 N–H and O–H groups in total. The van der Waals surface area contributed by atoms with Crippen LogP contribution < -0.4 is 10.1 Å². The molecular formula is C15H22BrNO. The number of ether oxygens (including phenoxy) is 1. The van der Waals surface area contributed by atoms with E-state index in [1.54, 1.807) is 0 Å². The topological polar surface area (TPSA) is 21.3 Å². The summed E-state index contributed by atoms with van der Waals surface area (Å²) in [6, 6.07) is 6.14. The van der Waals surface area contributed by atoms with Crippen LogP contribution in [0.15, 0.2) is 35.3 Å². The molecule has 0 bridgehead atoms. The van der Waals surface area contributed by atoms with Gasteiger partial charge in [0.1, 0.15) is 5.75 Å². The van der Waals surface area contributed by atoms with E-state index in [4.69, 9.17) is 4.74 Å². The van der Waals surface area contributed by atoms with Gasteiger partial charge in [-0.3, -0.25) is 0 Å².